The predicted octanol–water partition coefficient (Wildman–Crippen LogP) is 1.18. The third-order valence-corrected chi connectivity index (χ3v) is 3.88. The van der Waals surface area contributed by atoms with Gasteiger partial charge in [0, 0.05) is 25.2 Å². The van der Waals surface area contributed by atoms with Gasteiger partial charge in [0.25, 0.3) is 0 Å². The molecule has 0 unspecified atom stereocenters. The summed E-state index contributed by atoms with van der Waals surface area (Å²) in [5.74, 6) is 1.30. The molecule has 3 heterocycles. The van der Waals surface area contributed by atoms with Crippen LogP contribution in [0.1, 0.15) is 31.6 Å². The fourth-order valence-electron chi connectivity index (χ4n) is 2.63. The molecule has 1 atom stereocenters. The van der Waals surface area contributed by atoms with Crippen molar-refractivity contribution in [1.82, 2.24) is 20.0 Å². The Morgan fingerprint density at radius 2 is 2.18 bits per heavy atom. The Labute approximate surface area is 128 Å². The molecule has 7 heteroatoms. The highest BCUT2D eigenvalue weighted by molar-refractivity contribution is 5.81. The van der Waals surface area contributed by atoms with Crippen LogP contribution in [-0.4, -0.2) is 45.1 Å². The summed E-state index contributed by atoms with van der Waals surface area (Å²) < 4.78 is 5.37. The Balaban J connectivity index is 1.65. The van der Waals surface area contributed by atoms with Gasteiger partial charge in [-0.25, -0.2) is 0 Å². The molecule has 2 aromatic heterocycles. The highest BCUT2D eigenvalue weighted by Gasteiger charge is 2.28. The summed E-state index contributed by atoms with van der Waals surface area (Å²) in [6, 6.07) is 5.13. The normalized spacial score (nSPS) is 17.5. The smallest absolute Gasteiger partial charge is 0.239 e. The van der Waals surface area contributed by atoms with E-state index in [0.717, 1.165) is 12.8 Å². The minimum atomic E-state index is -0.448. The maximum absolute atomic E-state index is 11.9. The number of rotatable bonds is 3. The van der Waals surface area contributed by atoms with E-state index >= 15 is 0 Å². The number of likely N-dealkylation sites (tertiary alicyclic amines) is 1. The van der Waals surface area contributed by atoms with E-state index in [0.29, 0.717) is 30.5 Å². The monoisotopic (exact) mass is 301 g/mol. The summed E-state index contributed by atoms with van der Waals surface area (Å²) >= 11 is 0. The fraction of sp³-hybridized carbons (Fsp3) is 0.467. The van der Waals surface area contributed by atoms with Crippen LogP contribution in [0.25, 0.3) is 11.5 Å². The third kappa shape index (κ3) is 2.99. The minimum absolute atomic E-state index is 0.00171. The lowest BCUT2D eigenvalue weighted by Gasteiger charge is -2.31. The number of carbonyl (C=O) groups is 1. The van der Waals surface area contributed by atoms with E-state index in [2.05, 4.69) is 15.1 Å². The molecule has 1 aliphatic heterocycles. The number of hydrogen-bond acceptors (Lipinski definition) is 6. The molecule has 3 rings (SSSR count). The Morgan fingerprint density at radius 3 is 2.82 bits per heavy atom. The van der Waals surface area contributed by atoms with Gasteiger partial charge >= 0.3 is 0 Å². The van der Waals surface area contributed by atoms with Gasteiger partial charge in [-0.2, -0.15) is 4.98 Å². The molecule has 1 fully saturated rings. The number of hydrogen-bond donors (Lipinski definition) is 1. The molecule has 1 saturated heterocycles. The van der Waals surface area contributed by atoms with Gasteiger partial charge in [0.1, 0.15) is 5.69 Å². The summed E-state index contributed by atoms with van der Waals surface area (Å²) in [6.07, 6.45) is 3.31. The molecule has 0 bridgehead atoms. The Hall–Kier alpha value is -2.28. The minimum Gasteiger partial charge on any atom is -0.341 e. The lowest BCUT2D eigenvalue weighted by atomic mass is 9.96. The number of piperidine rings is 1. The predicted molar refractivity (Wildman–Crippen MR) is 79.7 cm³/mol. The van der Waals surface area contributed by atoms with Crippen molar-refractivity contribution in [1.29, 1.82) is 0 Å². The van der Waals surface area contributed by atoms with Gasteiger partial charge < -0.3 is 15.2 Å². The molecule has 2 N–H and O–H groups in total. The van der Waals surface area contributed by atoms with Crippen molar-refractivity contribution in [2.24, 2.45) is 5.73 Å². The summed E-state index contributed by atoms with van der Waals surface area (Å²) in [4.78, 5) is 22.3. The van der Waals surface area contributed by atoms with Gasteiger partial charge in [-0.05, 0) is 31.9 Å². The first kappa shape index (κ1) is 14.6. The number of nitrogens with zero attached hydrogens (tertiary/aromatic N) is 4. The zero-order valence-electron chi connectivity index (χ0n) is 12.5. The number of aromatic nitrogens is 3. The second kappa shape index (κ2) is 6.23. The van der Waals surface area contributed by atoms with Crippen molar-refractivity contribution in [3.05, 3.63) is 30.3 Å². The van der Waals surface area contributed by atoms with E-state index in [-0.39, 0.29) is 11.8 Å². The molecule has 0 saturated carbocycles. The molecular weight excluding hydrogens is 282 g/mol. The van der Waals surface area contributed by atoms with E-state index in [9.17, 15) is 4.79 Å². The van der Waals surface area contributed by atoms with Crippen molar-refractivity contribution in [2.45, 2.75) is 31.7 Å². The zero-order valence-corrected chi connectivity index (χ0v) is 12.5. The first-order valence-electron chi connectivity index (χ1n) is 7.44. The maximum atomic E-state index is 11.9. The van der Waals surface area contributed by atoms with Crippen LogP contribution >= 0.6 is 0 Å². The van der Waals surface area contributed by atoms with Crippen molar-refractivity contribution in [2.75, 3.05) is 13.1 Å². The van der Waals surface area contributed by atoms with Crippen molar-refractivity contribution in [3.8, 4) is 11.5 Å². The number of carbonyl (C=O) groups excluding carboxylic acids is 1. The standard InChI is InChI=1S/C15H19N5O2/c1-10(16)15(21)20-8-5-11(6-9-20)14-18-13(19-22-14)12-4-2-3-7-17-12/h2-4,7,10-11H,5-6,8-9,16H2,1H3/t10-/m1/s1. The van der Waals surface area contributed by atoms with Gasteiger partial charge in [-0.1, -0.05) is 11.2 Å². The topological polar surface area (TPSA) is 98.1 Å². The van der Waals surface area contributed by atoms with Gasteiger partial charge in [0.15, 0.2) is 0 Å². The lowest BCUT2D eigenvalue weighted by molar-refractivity contribution is -0.133. The summed E-state index contributed by atoms with van der Waals surface area (Å²) in [5, 5.41) is 3.99. The highest BCUT2D eigenvalue weighted by atomic mass is 16.5. The fourth-order valence-corrected chi connectivity index (χ4v) is 2.63. The molecule has 0 aromatic carbocycles. The van der Waals surface area contributed by atoms with E-state index in [4.69, 9.17) is 10.3 Å². The van der Waals surface area contributed by atoms with Gasteiger partial charge in [0.05, 0.1) is 6.04 Å². The van der Waals surface area contributed by atoms with Crippen LogP contribution in [-0.2, 0) is 4.79 Å². The van der Waals surface area contributed by atoms with Crippen molar-refractivity contribution in [3.63, 3.8) is 0 Å². The molecule has 1 aliphatic rings. The van der Waals surface area contributed by atoms with E-state index in [1.165, 1.54) is 0 Å². The maximum Gasteiger partial charge on any atom is 0.239 e. The molecule has 2 aromatic rings. The van der Waals surface area contributed by atoms with E-state index in [1.807, 2.05) is 18.2 Å². The first-order chi connectivity index (χ1) is 10.6. The Kier molecular flexibility index (Phi) is 4.15. The molecule has 0 spiro atoms. The van der Waals surface area contributed by atoms with Crippen molar-refractivity contribution >= 4 is 5.91 Å². The summed E-state index contributed by atoms with van der Waals surface area (Å²) in [7, 11) is 0. The second-order valence-corrected chi connectivity index (χ2v) is 5.56. The lowest BCUT2D eigenvalue weighted by Crippen LogP contribution is -2.45. The molecule has 0 aliphatic carbocycles. The number of nitrogens with two attached hydrogens (primary N) is 1. The third-order valence-electron chi connectivity index (χ3n) is 3.88. The van der Waals surface area contributed by atoms with Crippen LogP contribution < -0.4 is 5.73 Å². The van der Waals surface area contributed by atoms with Crippen LogP contribution in [0.3, 0.4) is 0 Å². The average Bonchev–Trinajstić information content (AvgIpc) is 3.05. The van der Waals surface area contributed by atoms with Crippen LogP contribution in [0.4, 0.5) is 0 Å². The van der Waals surface area contributed by atoms with Crippen LogP contribution in [0.2, 0.25) is 0 Å². The SMILES string of the molecule is C[C@@H](N)C(=O)N1CCC(c2nc(-c3ccccn3)no2)CC1. The quantitative estimate of drug-likeness (QED) is 0.914. The Morgan fingerprint density at radius 1 is 1.41 bits per heavy atom. The van der Waals surface area contributed by atoms with E-state index < -0.39 is 6.04 Å². The molecule has 22 heavy (non-hydrogen) atoms. The van der Waals surface area contributed by atoms with E-state index in [1.54, 1.807) is 18.0 Å². The molecule has 0 radical (unpaired) electrons. The van der Waals surface area contributed by atoms with Gasteiger partial charge in [0.2, 0.25) is 17.6 Å². The van der Waals surface area contributed by atoms with Crippen LogP contribution in [0.5, 0.6) is 0 Å². The van der Waals surface area contributed by atoms with Gasteiger partial charge in [-0.15, -0.1) is 0 Å². The van der Waals surface area contributed by atoms with Crippen LogP contribution in [0.15, 0.2) is 28.9 Å². The van der Waals surface area contributed by atoms with Crippen molar-refractivity contribution < 1.29 is 9.32 Å². The number of pyridine rings is 1. The highest BCUT2D eigenvalue weighted by Crippen LogP contribution is 2.28. The summed E-state index contributed by atoms with van der Waals surface area (Å²) in [5.41, 5.74) is 6.34. The Bertz CT molecular complexity index is 632. The molecular formula is C15H19N5O2. The van der Waals surface area contributed by atoms with Crippen LogP contribution in [0, 0.1) is 0 Å². The zero-order chi connectivity index (χ0) is 15.5. The molecule has 116 valence electrons. The van der Waals surface area contributed by atoms with Gasteiger partial charge in [-0.3, -0.25) is 9.78 Å². The summed E-state index contributed by atoms with van der Waals surface area (Å²) in [6.45, 7) is 3.06. The number of amides is 1. The largest absolute Gasteiger partial charge is 0.341 e. The molecule has 1 amide bonds. The first-order valence-corrected chi connectivity index (χ1v) is 7.44. The molecule has 7 nitrogen and oxygen atoms in total. The second-order valence-electron chi connectivity index (χ2n) is 5.56. The average molecular weight is 301 g/mol.